The second-order valence-corrected chi connectivity index (χ2v) is 7.97. The number of benzene rings is 3. The molecule has 2 aliphatic heterocycles. The van der Waals surface area contributed by atoms with Gasteiger partial charge in [-0.15, -0.1) is 0 Å². The Morgan fingerprint density at radius 3 is 2.50 bits per heavy atom. The molecule has 120 valence electrons. The van der Waals surface area contributed by atoms with Crippen LogP contribution < -0.4 is 9.59 Å². The Bertz CT molecular complexity index is 1360. The first kappa shape index (κ1) is 13.3. The van der Waals surface area contributed by atoms with Crippen LogP contribution in [0.3, 0.4) is 0 Å². The van der Waals surface area contributed by atoms with Crippen LogP contribution in [0.2, 0.25) is 0 Å². The first-order valence-electron chi connectivity index (χ1n) is 8.91. The van der Waals surface area contributed by atoms with Crippen LogP contribution in [0.1, 0.15) is 0 Å². The van der Waals surface area contributed by atoms with E-state index in [2.05, 4.69) is 87.5 Å². The van der Waals surface area contributed by atoms with Crippen molar-refractivity contribution in [3.8, 4) is 11.1 Å². The molecule has 0 radical (unpaired) electrons. The average Bonchev–Trinajstić information content (AvgIpc) is 3.39. The summed E-state index contributed by atoms with van der Waals surface area (Å²) >= 11 is 1.87. The Morgan fingerprint density at radius 1 is 0.692 bits per heavy atom. The lowest BCUT2D eigenvalue weighted by Crippen LogP contribution is -2.50. The predicted octanol–water partition coefficient (Wildman–Crippen LogP) is 5.23. The van der Waals surface area contributed by atoms with Crippen molar-refractivity contribution in [3.05, 3.63) is 78.2 Å². The van der Waals surface area contributed by atoms with Crippen molar-refractivity contribution in [1.29, 1.82) is 0 Å². The van der Waals surface area contributed by atoms with Gasteiger partial charge in [-0.1, -0.05) is 48.5 Å². The summed E-state index contributed by atoms with van der Waals surface area (Å²) in [5.41, 5.74) is 8.02. The highest BCUT2D eigenvalue weighted by molar-refractivity contribution is 7.23. The zero-order valence-electron chi connectivity index (χ0n) is 13.9. The Labute approximate surface area is 155 Å². The largest absolute Gasteiger partial charge is 0.431 e. The lowest BCUT2D eigenvalue weighted by molar-refractivity contribution is 1.32. The van der Waals surface area contributed by atoms with Crippen LogP contribution in [-0.2, 0) is 0 Å². The van der Waals surface area contributed by atoms with Crippen LogP contribution in [0.15, 0.2) is 78.2 Å². The fraction of sp³-hybridized carbons (Fsp3) is 0. The highest BCUT2D eigenvalue weighted by atomic mass is 32.1. The molecule has 0 unspecified atom stereocenters. The fourth-order valence-corrected chi connectivity index (χ4v) is 5.87. The first-order valence-corrected chi connectivity index (χ1v) is 9.79. The van der Waals surface area contributed by atoms with Crippen molar-refractivity contribution in [2.24, 2.45) is 0 Å². The third-order valence-electron chi connectivity index (χ3n) is 5.84. The quantitative estimate of drug-likeness (QED) is 0.348. The molecular weight excluding hydrogens is 335 g/mol. The number of fused-ring (bicyclic) bond motifs is 11. The Kier molecular flexibility index (Phi) is 2.25. The maximum Gasteiger partial charge on any atom is 0.431 e. The van der Waals surface area contributed by atoms with E-state index in [1.165, 1.54) is 49.1 Å². The molecule has 0 amide bonds. The van der Waals surface area contributed by atoms with Gasteiger partial charge in [0.15, 0.2) is 0 Å². The summed E-state index contributed by atoms with van der Waals surface area (Å²) in [5, 5.41) is 4.93. The first-order chi connectivity index (χ1) is 12.9. The van der Waals surface area contributed by atoms with Gasteiger partial charge in [0.1, 0.15) is 0 Å². The molecule has 0 bridgehead atoms. The van der Waals surface area contributed by atoms with E-state index in [0.29, 0.717) is 0 Å². The molecule has 2 nitrogen and oxygen atoms in total. The molecule has 4 heteroatoms. The minimum absolute atomic E-state index is 0.208. The van der Waals surface area contributed by atoms with E-state index < -0.39 is 0 Å². The monoisotopic (exact) mass is 348 g/mol. The van der Waals surface area contributed by atoms with Gasteiger partial charge in [-0.05, 0) is 35.2 Å². The number of hydrogen-bond acceptors (Lipinski definition) is 2. The summed E-state index contributed by atoms with van der Waals surface area (Å²) in [7, 11) is 0. The molecule has 0 saturated heterocycles. The summed E-state index contributed by atoms with van der Waals surface area (Å²) in [6, 6.07) is 26.6. The zero-order chi connectivity index (χ0) is 16.8. The van der Waals surface area contributed by atoms with Crippen molar-refractivity contribution in [1.82, 2.24) is 4.48 Å². The lowest BCUT2D eigenvalue weighted by Gasteiger charge is -2.32. The van der Waals surface area contributed by atoms with Gasteiger partial charge >= 0.3 is 6.98 Å². The van der Waals surface area contributed by atoms with Crippen molar-refractivity contribution in [2.45, 2.75) is 0 Å². The molecule has 3 aromatic carbocycles. The lowest BCUT2D eigenvalue weighted by atomic mass is 9.66. The van der Waals surface area contributed by atoms with Gasteiger partial charge in [-0.2, -0.15) is 11.3 Å². The summed E-state index contributed by atoms with van der Waals surface area (Å²) in [5.74, 6) is 0. The minimum atomic E-state index is 0.208. The van der Waals surface area contributed by atoms with Crippen LogP contribution in [0.25, 0.3) is 32.9 Å². The summed E-state index contributed by atoms with van der Waals surface area (Å²) in [6.07, 6.45) is 0. The van der Waals surface area contributed by atoms with Gasteiger partial charge in [0.05, 0.1) is 11.2 Å². The SMILES string of the molecule is c1ccc2c(c1)-c1ccsc1B1N2c2cccc3c4ccccc4n1c23. The molecule has 0 atom stereocenters. The van der Waals surface area contributed by atoms with Crippen LogP contribution in [0, 0.1) is 0 Å². The van der Waals surface area contributed by atoms with Gasteiger partial charge < -0.3 is 9.29 Å². The Hall–Kier alpha value is -2.98. The van der Waals surface area contributed by atoms with Crippen molar-refractivity contribution in [2.75, 3.05) is 4.81 Å². The van der Waals surface area contributed by atoms with E-state index in [1.807, 2.05) is 11.3 Å². The summed E-state index contributed by atoms with van der Waals surface area (Å²) in [6.45, 7) is 0.208. The molecule has 0 fully saturated rings. The van der Waals surface area contributed by atoms with E-state index in [0.717, 1.165) is 0 Å². The topological polar surface area (TPSA) is 8.17 Å². The van der Waals surface area contributed by atoms with Crippen LogP contribution in [0.5, 0.6) is 0 Å². The molecule has 0 saturated carbocycles. The van der Waals surface area contributed by atoms with Gasteiger partial charge in [0.2, 0.25) is 0 Å². The molecule has 7 rings (SSSR count). The molecular formula is C22H13BN2S. The molecule has 0 N–H and O–H groups in total. The summed E-state index contributed by atoms with van der Waals surface area (Å²) < 4.78 is 3.98. The summed E-state index contributed by atoms with van der Waals surface area (Å²) in [4.78, 5) is 2.53. The maximum absolute atomic E-state index is 2.55. The van der Waals surface area contributed by atoms with E-state index in [-0.39, 0.29) is 6.98 Å². The number of rotatable bonds is 0. The third-order valence-corrected chi connectivity index (χ3v) is 6.80. The van der Waals surface area contributed by atoms with E-state index in [9.17, 15) is 0 Å². The van der Waals surface area contributed by atoms with Gasteiger partial charge in [-0.25, -0.2) is 0 Å². The highest BCUT2D eigenvalue weighted by Crippen LogP contribution is 2.49. The smallest absolute Gasteiger partial charge is 0.359 e. The van der Waals surface area contributed by atoms with Gasteiger partial charge in [-0.3, -0.25) is 0 Å². The average molecular weight is 348 g/mol. The van der Waals surface area contributed by atoms with Crippen LogP contribution in [-0.4, -0.2) is 11.5 Å². The minimum Gasteiger partial charge on any atom is -0.359 e. The molecule has 2 aromatic heterocycles. The van der Waals surface area contributed by atoms with Gasteiger partial charge in [0, 0.05) is 32.3 Å². The van der Waals surface area contributed by atoms with Gasteiger partial charge in [0.25, 0.3) is 0 Å². The molecule has 5 aromatic rings. The van der Waals surface area contributed by atoms with Crippen LogP contribution in [0.4, 0.5) is 11.4 Å². The normalized spacial score (nSPS) is 14.0. The Morgan fingerprint density at radius 2 is 1.50 bits per heavy atom. The second kappa shape index (κ2) is 4.40. The highest BCUT2D eigenvalue weighted by Gasteiger charge is 2.45. The maximum atomic E-state index is 2.55. The molecule has 26 heavy (non-hydrogen) atoms. The zero-order valence-corrected chi connectivity index (χ0v) is 14.7. The van der Waals surface area contributed by atoms with E-state index in [1.54, 1.807) is 0 Å². The van der Waals surface area contributed by atoms with E-state index in [4.69, 9.17) is 0 Å². The fourth-order valence-electron chi connectivity index (χ4n) is 4.88. The molecule has 4 heterocycles. The second-order valence-electron chi connectivity index (χ2n) is 7.02. The van der Waals surface area contributed by atoms with Crippen molar-refractivity contribution in [3.63, 3.8) is 0 Å². The number of anilines is 2. The van der Waals surface area contributed by atoms with Crippen molar-refractivity contribution >= 4 is 56.3 Å². The van der Waals surface area contributed by atoms with Crippen molar-refractivity contribution < 1.29 is 0 Å². The number of hydrogen-bond donors (Lipinski definition) is 0. The number of para-hydroxylation sites is 3. The molecule has 2 aliphatic rings. The molecule has 0 aliphatic carbocycles. The number of nitrogens with zero attached hydrogens (tertiary/aromatic N) is 2. The number of thiophene rings is 1. The third kappa shape index (κ3) is 1.35. The molecule has 0 spiro atoms. The standard InChI is InChI=1S/C22H13BN2S/c1-4-10-19-14(6-1)16-8-5-11-20-21(16)25(19)23-22-17(12-13-26-22)15-7-2-3-9-18(15)24(20)23/h1-13H. The van der Waals surface area contributed by atoms with E-state index >= 15 is 0 Å². The van der Waals surface area contributed by atoms with Crippen LogP contribution >= 0.6 is 11.3 Å². The Balaban J connectivity index is 1.71. The number of aromatic nitrogens is 1. The predicted molar refractivity (Wildman–Crippen MR) is 112 cm³/mol.